The maximum atomic E-state index is 13.7. The van der Waals surface area contributed by atoms with Crippen LogP contribution in [-0.2, 0) is 17.8 Å². The Bertz CT molecular complexity index is 1440. The third kappa shape index (κ3) is 5.50. The smallest absolute Gasteiger partial charge is 0.263 e. The van der Waals surface area contributed by atoms with Crippen LogP contribution in [0.15, 0.2) is 60.7 Å². The topological polar surface area (TPSA) is 88.2 Å². The zero-order valence-corrected chi connectivity index (χ0v) is 22.6. The van der Waals surface area contributed by atoms with Gasteiger partial charge in [0.1, 0.15) is 5.82 Å². The van der Waals surface area contributed by atoms with Gasteiger partial charge in [0, 0.05) is 19.6 Å². The number of benzene rings is 3. The summed E-state index contributed by atoms with van der Waals surface area (Å²) in [5.41, 5.74) is 2.90. The van der Waals surface area contributed by atoms with Gasteiger partial charge in [0.2, 0.25) is 5.91 Å². The number of imide groups is 1. The van der Waals surface area contributed by atoms with Crippen molar-refractivity contribution in [3.05, 3.63) is 88.7 Å². The van der Waals surface area contributed by atoms with Gasteiger partial charge in [-0.3, -0.25) is 19.3 Å². The highest BCUT2D eigenvalue weighted by molar-refractivity contribution is 6.23. The fourth-order valence-electron chi connectivity index (χ4n) is 5.46. The number of rotatable bonds is 9. The summed E-state index contributed by atoms with van der Waals surface area (Å²) < 4.78 is 24.3. The van der Waals surface area contributed by atoms with E-state index in [-0.39, 0.29) is 18.4 Å². The first-order valence-electron chi connectivity index (χ1n) is 13.4. The number of ether oxygens (including phenoxy) is 2. The first-order chi connectivity index (χ1) is 19.4. The first kappa shape index (κ1) is 27.2. The molecule has 2 aliphatic heterocycles. The molecule has 1 saturated heterocycles. The Morgan fingerprint density at radius 1 is 0.975 bits per heavy atom. The maximum absolute atomic E-state index is 13.7. The summed E-state index contributed by atoms with van der Waals surface area (Å²) in [6.45, 7) is 1.60. The maximum Gasteiger partial charge on any atom is 0.263 e. The zero-order chi connectivity index (χ0) is 28.2. The Morgan fingerprint density at radius 2 is 1.77 bits per heavy atom. The van der Waals surface area contributed by atoms with E-state index < -0.39 is 17.6 Å². The summed E-state index contributed by atoms with van der Waals surface area (Å²) in [6.07, 6.45) is 2.17. The predicted molar refractivity (Wildman–Crippen MR) is 148 cm³/mol. The fraction of sp³-hybridized carbons (Fsp3) is 0.323. The minimum Gasteiger partial charge on any atom is -0.493 e. The lowest BCUT2D eigenvalue weighted by Gasteiger charge is -2.34. The molecule has 0 aromatic heterocycles. The van der Waals surface area contributed by atoms with Crippen molar-refractivity contribution in [3.8, 4) is 11.5 Å². The lowest BCUT2D eigenvalue weighted by atomic mass is 9.95. The van der Waals surface area contributed by atoms with Crippen LogP contribution in [0.1, 0.15) is 44.7 Å². The van der Waals surface area contributed by atoms with E-state index in [0.717, 1.165) is 23.3 Å². The van der Waals surface area contributed by atoms with E-state index in [1.807, 2.05) is 29.2 Å². The van der Waals surface area contributed by atoms with Crippen LogP contribution in [-0.4, -0.2) is 56.5 Å². The van der Waals surface area contributed by atoms with Crippen molar-refractivity contribution in [3.63, 3.8) is 0 Å². The minimum absolute atomic E-state index is 0.00531. The van der Waals surface area contributed by atoms with Crippen LogP contribution in [0.5, 0.6) is 11.5 Å². The number of anilines is 1. The number of nitrogens with one attached hydrogen (secondary N) is 1. The van der Waals surface area contributed by atoms with Crippen LogP contribution < -0.4 is 19.7 Å². The van der Waals surface area contributed by atoms with Crippen molar-refractivity contribution < 1.29 is 28.2 Å². The number of methoxy groups -OCH3 is 2. The number of hydrogen-bond acceptors (Lipinski definition) is 6. The number of carbonyl (C=O) groups is 3. The highest BCUT2D eigenvalue weighted by Crippen LogP contribution is 2.35. The molecule has 1 fully saturated rings. The van der Waals surface area contributed by atoms with Gasteiger partial charge < -0.3 is 19.7 Å². The number of carbonyl (C=O) groups excluding carboxylic acids is 3. The molecule has 0 unspecified atom stereocenters. The molecule has 0 bridgehead atoms. The summed E-state index contributed by atoms with van der Waals surface area (Å²) in [5, 5.41) is 3.05. The normalized spacial score (nSPS) is 16.6. The molecule has 1 atom stereocenters. The summed E-state index contributed by atoms with van der Waals surface area (Å²) in [5.74, 6) is -0.196. The number of amides is 3. The number of halogens is 1. The summed E-state index contributed by atoms with van der Waals surface area (Å²) in [6, 6.07) is 16.8. The van der Waals surface area contributed by atoms with Gasteiger partial charge in [-0.15, -0.1) is 0 Å². The van der Waals surface area contributed by atoms with Crippen LogP contribution >= 0.6 is 0 Å². The van der Waals surface area contributed by atoms with Crippen LogP contribution in [0.3, 0.4) is 0 Å². The van der Waals surface area contributed by atoms with Crippen LogP contribution in [0.25, 0.3) is 0 Å². The number of fused-ring (bicyclic) bond motifs is 1. The van der Waals surface area contributed by atoms with Gasteiger partial charge >= 0.3 is 0 Å². The van der Waals surface area contributed by atoms with E-state index in [2.05, 4.69) is 5.32 Å². The molecule has 8 nitrogen and oxygen atoms in total. The Hall–Kier alpha value is -4.40. The van der Waals surface area contributed by atoms with Gasteiger partial charge in [0.15, 0.2) is 11.5 Å². The molecule has 5 rings (SSSR count). The highest BCUT2D eigenvalue weighted by Gasteiger charge is 2.39. The second kappa shape index (κ2) is 11.8. The van der Waals surface area contributed by atoms with Crippen LogP contribution in [0.4, 0.5) is 10.1 Å². The number of nitrogens with zero attached hydrogens (tertiary/aromatic N) is 2. The average molecular weight is 546 g/mol. The van der Waals surface area contributed by atoms with Crippen molar-refractivity contribution in [1.82, 2.24) is 10.2 Å². The van der Waals surface area contributed by atoms with Crippen molar-refractivity contribution in [2.45, 2.75) is 25.8 Å². The van der Waals surface area contributed by atoms with Gasteiger partial charge in [-0.1, -0.05) is 24.3 Å². The second-order valence-electron chi connectivity index (χ2n) is 10.0. The SMILES string of the molecule is COc1ccc(CCNC(=O)[C@@H]2CCCN(c3cccc4c3C(=O)N(Cc3cccc(F)c3)C4=O)C2)cc1OC. The molecule has 208 valence electrons. The fourth-order valence-corrected chi connectivity index (χ4v) is 5.46. The molecular weight excluding hydrogens is 513 g/mol. The molecule has 3 aromatic rings. The Labute approximate surface area is 232 Å². The standard InChI is InChI=1S/C31H32FN3O5/c1-39-26-12-11-20(17-27(26)40-2)13-14-33-29(36)22-7-5-15-34(19-22)25-10-4-9-24-28(25)31(38)35(30(24)37)18-21-6-3-8-23(32)16-21/h3-4,6,8-12,16-17,22H,5,7,13-15,18-19H2,1-2H3,(H,33,36)/t22-/m1/s1. The van der Waals surface area contributed by atoms with E-state index in [1.54, 1.807) is 38.5 Å². The molecule has 3 amide bonds. The van der Waals surface area contributed by atoms with E-state index in [9.17, 15) is 18.8 Å². The first-order valence-corrected chi connectivity index (χ1v) is 13.4. The Morgan fingerprint density at radius 3 is 2.55 bits per heavy atom. The summed E-state index contributed by atoms with van der Waals surface area (Å²) >= 11 is 0. The molecule has 2 heterocycles. The van der Waals surface area contributed by atoms with Crippen molar-refractivity contribution in [2.75, 3.05) is 38.8 Å². The van der Waals surface area contributed by atoms with Gasteiger partial charge in [0.25, 0.3) is 11.8 Å². The van der Waals surface area contributed by atoms with E-state index in [4.69, 9.17) is 9.47 Å². The van der Waals surface area contributed by atoms with Crippen LogP contribution in [0, 0.1) is 11.7 Å². The summed E-state index contributed by atoms with van der Waals surface area (Å²) in [7, 11) is 3.18. The monoisotopic (exact) mass is 545 g/mol. The quantitative estimate of drug-likeness (QED) is 0.406. The van der Waals surface area contributed by atoms with Gasteiger partial charge in [-0.25, -0.2) is 4.39 Å². The highest BCUT2D eigenvalue weighted by atomic mass is 19.1. The van der Waals surface area contributed by atoms with Gasteiger partial charge in [0.05, 0.1) is 43.5 Å². The molecule has 3 aromatic carbocycles. The number of piperidine rings is 1. The predicted octanol–water partition coefficient (Wildman–Crippen LogP) is 4.21. The lowest BCUT2D eigenvalue weighted by Crippen LogP contribution is -2.44. The van der Waals surface area contributed by atoms with Gasteiger partial charge in [-0.2, -0.15) is 0 Å². The second-order valence-corrected chi connectivity index (χ2v) is 10.0. The van der Waals surface area contributed by atoms with E-state index >= 15 is 0 Å². The Kier molecular flexibility index (Phi) is 8.00. The van der Waals surface area contributed by atoms with E-state index in [1.165, 1.54) is 12.1 Å². The lowest BCUT2D eigenvalue weighted by molar-refractivity contribution is -0.125. The summed E-state index contributed by atoms with van der Waals surface area (Å²) in [4.78, 5) is 42.8. The molecule has 9 heteroatoms. The minimum atomic E-state index is -0.420. The average Bonchev–Trinajstić information content (AvgIpc) is 3.22. The third-order valence-electron chi connectivity index (χ3n) is 7.50. The zero-order valence-electron chi connectivity index (χ0n) is 22.6. The number of hydrogen-bond donors (Lipinski definition) is 1. The van der Waals surface area contributed by atoms with Crippen LogP contribution in [0.2, 0.25) is 0 Å². The van der Waals surface area contributed by atoms with E-state index in [0.29, 0.717) is 59.9 Å². The van der Waals surface area contributed by atoms with Crippen molar-refractivity contribution in [1.29, 1.82) is 0 Å². The molecule has 2 aliphatic rings. The molecule has 40 heavy (non-hydrogen) atoms. The van der Waals surface area contributed by atoms with Gasteiger partial charge in [-0.05, 0) is 66.8 Å². The molecule has 0 saturated carbocycles. The van der Waals surface area contributed by atoms with Crippen molar-refractivity contribution in [2.24, 2.45) is 5.92 Å². The molecular formula is C31H32FN3O5. The molecule has 0 spiro atoms. The van der Waals surface area contributed by atoms with Crippen molar-refractivity contribution >= 4 is 23.4 Å². The molecule has 0 aliphatic carbocycles. The molecule has 1 N–H and O–H groups in total. The Balaban J connectivity index is 1.24. The third-order valence-corrected chi connectivity index (χ3v) is 7.50. The molecule has 0 radical (unpaired) electrons. The largest absolute Gasteiger partial charge is 0.493 e.